The van der Waals surface area contributed by atoms with Gasteiger partial charge in [-0.2, -0.15) is 0 Å². The van der Waals surface area contributed by atoms with E-state index in [9.17, 15) is 19.7 Å². The molecule has 0 bridgehead atoms. The van der Waals surface area contributed by atoms with Crippen LogP contribution in [0.1, 0.15) is 12.5 Å². The quantitative estimate of drug-likeness (QED) is 0.327. The molecule has 0 radical (unpaired) electrons. The van der Waals surface area contributed by atoms with E-state index in [-0.39, 0.29) is 23.6 Å². The number of methoxy groups -OCH3 is 1. The molecule has 1 aromatic rings. The van der Waals surface area contributed by atoms with Crippen molar-refractivity contribution in [3.05, 3.63) is 39.9 Å². The van der Waals surface area contributed by atoms with Crippen LogP contribution < -0.4 is 0 Å². The van der Waals surface area contributed by atoms with Gasteiger partial charge in [-0.15, -0.1) is 0 Å². The second-order valence-corrected chi connectivity index (χ2v) is 4.40. The molecule has 0 spiro atoms. The highest BCUT2D eigenvalue weighted by Gasteiger charge is 2.31. The van der Waals surface area contributed by atoms with E-state index in [1.54, 1.807) is 6.07 Å². The summed E-state index contributed by atoms with van der Waals surface area (Å²) in [6.45, 7) is 1.27. The molecule has 1 unspecified atom stereocenters. The van der Waals surface area contributed by atoms with E-state index in [1.807, 2.05) is 0 Å². The minimum Gasteiger partial charge on any atom is -0.464 e. The number of ether oxygens (including phenoxy) is 1. The Morgan fingerprint density at radius 3 is 2.45 bits per heavy atom. The van der Waals surface area contributed by atoms with Crippen molar-refractivity contribution in [1.29, 1.82) is 0 Å². The zero-order chi connectivity index (χ0) is 16.7. The molecule has 1 aromatic carbocycles. The molecule has 0 heterocycles. The molecule has 0 aliphatic rings. The maximum atomic E-state index is 11.9. The van der Waals surface area contributed by atoms with Crippen molar-refractivity contribution in [2.45, 2.75) is 13.3 Å². The Hall–Kier alpha value is -2.77. The molecule has 8 nitrogen and oxygen atoms in total. The molecule has 0 saturated heterocycles. The van der Waals surface area contributed by atoms with Gasteiger partial charge in [0.15, 0.2) is 5.71 Å². The lowest BCUT2D eigenvalue weighted by atomic mass is 9.90. The third-order valence-electron chi connectivity index (χ3n) is 3.02. The number of esters is 1. The van der Waals surface area contributed by atoms with Gasteiger partial charge in [-0.1, -0.05) is 23.4 Å². The van der Waals surface area contributed by atoms with Crippen LogP contribution in [0.3, 0.4) is 0 Å². The Kier molecular flexibility index (Phi) is 6.18. The molecular formula is C14H16N2O6. The number of oxime groups is 1. The molecule has 0 aliphatic heterocycles. The first kappa shape index (κ1) is 17.3. The molecule has 0 amide bonds. The van der Waals surface area contributed by atoms with Crippen LogP contribution in [0.25, 0.3) is 0 Å². The average molecular weight is 308 g/mol. The summed E-state index contributed by atoms with van der Waals surface area (Å²) < 4.78 is 4.58. The smallest absolute Gasteiger partial charge is 0.356 e. The van der Waals surface area contributed by atoms with E-state index in [0.717, 1.165) is 7.11 Å². The van der Waals surface area contributed by atoms with Gasteiger partial charge in [-0.25, -0.2) is 4.79 Å². The molecule has 0 saturated carbocycles. The number of ketones is 1. The Bertz CT molecular complexity index is 611. The van der Waals surface area contributed by atoms with Gasteiger partial charge in [0, 0.05) is 11.6 Å². The van der Waals surface area contributed by atoms with E-state index in [2.05, 4.69) is 14.7 Å². The van der Waals surface area contributed by atoms with E-state index in [0.29, 0.717) is 5.56 Å². The Morgan fingerprint density at radius 2 is 1.95 bits per heavy atom. The summed E-state index contributed by atoms with van der Waals surface area (Å²) in [7, 11) is 2.38. The molecule has 1 rings (SSSR count). The topological polar surface area (TPSA) is 108 Å². The molecule has 0 fully saturated rings. The number of nitrogens with zero attached hydrogens (tertiary/aromatic N) is 2. The fourth-order valence-electron chi connectivity index (χ4n) is 1.96. The Morgan fingerprint density at radius 1 is 1.32 bits per heavy atom. The number of rotatable bonds is 7. The number of nitro benzene ring substituents is 1. The highest BCUT2D eigenvalue weighted by Crippen LogP contribution is 2.22. The summed E-state index contributed by atoms with van der Waals surface area (Å²) in [5, 5.41) is 14.6. The highest BCUT2D eigenvalue weighted by molar-refractivity contribution is 6.40. The van der Waals surface area contributed by atoms with Crippen molar-refractivity contribution in [3.63, 3.8) is 0 Å². The molecular weight excluding hydrogens is 292 g/mol. The van der Waals surface area contributed by atoms with Crippen LogP contribution in [-0.2, 0) is 25.6 Å². The van der Waals surface area contributed by atoms with E-state index < -0.39 is 16.8 Å². The summed E-state index contributed by atoms with van der Waals surface area (Å²) >= 11 is 0. The number of Topliss-reactive ketones (excluding diaryl/α,β-unsaturated/α-hetero) is 1. The first-order valence-corrected chi connectivity index (χ1v) is 6.34. The van der Waals surface area contributed by atoms with Crippen LogP contribution >= 0.6 is 0 Å². The number of benzene rings is 1. The number of carbonyl (C=O) groups excluding carboxylic acids is 2. The summed E-state index contributed by atoms with van der Waals surface area (Å²) in [6, 6.07) is 5.99. The van der Waals surface area contributed by atoms with Crippen LogP contribution in [0.2, 0.25) is 0 Å². The van der Waals surface area contributed by atoms with Crippen molar-refractivity contribution in [2.24, 2.45) is 11.1 Å². The van der Waals surface area contributed by atoms with Crippen molar-refractivity contribution >= 4 is 23.2 Å². The maximum absolute atomic E-state index is 11.9. The maximum Gasteiger partial charge on any atom is 0.356 e. The Balaban J connectivity index is 3.23. The van der Waals surface area contributed by atoms with Gasteiger partial charge >= 0.3 is 5.97 Å². The molecule has 1 atom stereocenters. The number of carbonyl (C=O) groups is 2. The average Bonchev–Trinajstić information content (AvgIpc) is 2.49. The van der Waals surface area contributed by atoms with Gasteiger partial charge in [0.25, 0.3) is 5.69 Å². The first-order valence-electron chi connectivity index (χ1n) is 6.34. The lowest BCUT2D eigenvalue weighted by Crippen LogP contribution is -2.32. The standard InChI is InChI=1S/C14H16N2O6/c1-9(17)11(13(15-22-3)14(18)21-2)8-10-6-4-5-7-12(10)16(19)20/h4-7,11H,8H2,1-3H3/b15-13-. The van der Waals surface area contributed by atoms with Crippen LogP contribution in [-0.4, -0.2) is 36.6 Å². The lowest BCUT2D eigenvalue weighted by Gasteiger charge is -2.14. The molecule has 0 aliphatic carbocycles. The Labute approximate surface area is 126 Å². The molecule has 22 heavy (non-hydrogen) atoms. The highest BCUT2D eigenvalue weighted by atomic mass is 16.6. The third kappa shape index (κ3) is 4.11. The van der Waals surface area contributed by atoms with Crippen LogP contribution in [0.4, 0.5) is 5.69 Å². The predicted octanol–water partition coefficient (Wildman–Crippen LogP) is 1.52. The number of hydrogen-bond acceptors (Lipinski definition) is 7. The van der Waals surface area contributed by atoms with Crippen LogP contribution in [0, 0.1) is 16.0 Å². The van der Waals surface area contributed by atoms with E-state index in [1.165, 1.54) is 32.2 Å². The minimum absolute atomic E-state index is 0.0518. The predicted molar refractivity (Wildman–Crippen MR) is 77.4 cm³/mol. The van der Waals surface area contributed by atoms with Gasteiger partial charge in [0.1, 0.15) is 12.9 Å². The largest absolute Gasteiger partial charge is 0.464 e. The van der Waals surface area contributed by atoms with E-state index >= 15 is 0 Å². The molecule has 0 N–H and O–H groups in total. The van der Waals surface area contributed by atoms with Gasteiger partial charge < -0.3 is 9.57 Å². The molecule has 8 heteroatoms. The summed E-state index contributed by atoms with van der Waals surface area (Å²) in [5.74, 6) is -2.19. The monoisotopic (exact) mass is 308 g/mol. The number of para-hydroxylation sites is 1. The van der Waals surface area contributed by atoms with Crippen LogP contribution in [0.15, 0.2) is 29.4 Å². The van der Waals surface area contributed by atoms with Gasteiger partial charge in [0.05, 0.1) is 18.0 Å². The number of hydrogen-bond donors (Lipinski definition) is 0. The van der Waals surface area contributed by atoms with E-state index in [4.69, 9.17) is 0 Å². The third-order valence-corrected chi connectivity index (χ3v) is 3.02. The van der Waals surface area contributed by atoms with Gasteiger partial charge in [-0.05, 0) is 13.3 Å². The minimum atomic E-state index is -0.992. The zero-order valence-corrected chi connectivity index (χ0v) is 12.4. The van der Waals surface area contributed by atoms with Crippen molar-refractivity contribution in [3.8, 4) is 0 Å². The van der Waals surface area contributed by atoms with Gasteiger partial charge in [0.2, 0.25) is 0 Å². The van der Waals surface area contributed by atoms with Gasteiger partial charge in [-0.3, -0.25) is 14.9 Å². The molecule has 118 valence electrons. The molecule has 0 aromatic heterocycles. The normalized spacial score (nSPS) is 12.4. The summed E-state index contributed by atoms with van der Waals surface area (Å²) in [5.41, 5.74) is -0.0357. The first-order chi connectivity index (χ1) is 10.4. The second kappa shape index (κ2) is 7.87. The second-order valence-electron chi connectivity index (χ2n) is 4.40. The van der Waals surface area contributed by atoms with Crippen molar-refractivity contribution in [1.82, 2.24) is 0 Å². The van der Waals surface area contributed by atoms with Crippen LogP contribution in [0.5, 0.6) is 0 Å². The number of nitro groups is 1. The lowest BCUT2D eigenvalue weighted by molar-refractivity contribution is -0.385. The summed E-state index contributed by atoms with van der Waals surface area (Å²) in [6.07, 6.45) is -0.0518. The fourth-order valence-corrected chi connectivity index (χ4v) is 1.96. The van der Waals surface area contributed by atoms with Crippen molar-refractivity contribution in [2.75, 3.05) is 14.2 Å². The fraction of sp³-hybridized carbons (Fsp3) is 0.357. The zero-order valence-electron chi connectivity index (χ0n) is 12.4. The van der Waals surface area contributed by atoms with Crippen molar-refractivity contribution < 1.29 is 24.1 Å². The SMILES string of the molecule is CO/N=C(\C(=O)OC)C(Cc1ccccc1[N+](=O)[O-])C(C)=O. The summed E-state index contributed by atoms with van der Waals surface area (Å²) in [4.78, 5) is 38.7.